The minimum atomic E-state index is -0.365. The normalized spacial score (nSPS) is 21.4. The second kappa shape index (κ2) is 4.50. The molecule has 0 saturated heterocycles. The van der Waals surface area contributed by atoms with Crippen LogP contribution in [0.5, 0.6) is 0 Å². The lowest BCUT2D eigenvalue weighted by atomic mass is 10.2. The van der Waals surface area contributed by atoms with Crippen LogP contribution < -0.4 is 16.6 Å². The monoisotopic (exact) mass is 277 g/mol. The predicted octanol–water partition coefficient (Wildman–Crippen LogP) is 0.561. The van der Waals surface area contributed by atoms with Crippen LogP contribution in [0.15, 0.2) is 9.59 Å². The number of imidazole rings is 1. The number of hydrogen-bond acceptors (Lipinski definition) is 4. The van der Waals surface area contributed by atoms with Crippen LogP contribution in [0.1, 0.15) is 26.2 Å². The minimum absolute atomic E-state index is 0.343. The molecule has 0 spiro atoms. The number of aryl methyl sites for hydroxylation is 1. The summed E-state index contributed by atoms with van der Waals surface area (Å²) < 4.78 is 2.47. The Hall–Kier alpha value is -2.05. The number of hydrogen-bond donors (Lipinski definition) is 2. The van der Waals surface area contributed by atoms with Gasteiger partial charge >= 0.3 is 5.69 Å². The van der Waals surface area contributed by atoms with E-state index in [0.29, 0.717) is 29.1 Å². The summed E-state index contributed by atoms with van der Waals surface area (Å²) >= 11 is 0. The Labute approximate surface area is 115 Å². The minimum Gasteiger partial charge on any atom is -0.353 e. The fourth-order valence-corrected chi connectivity index (χ4v) is 2.68. The van der Waals surface area contributed by atoms with Gasteiger partial charge in [0.1, 0.15) is 0 Å². The maximum Gasteiger partial charge on any atom is 0.332 e. The highest BCUT2D eigenvalue weighted by Gasteiger charge is 2.36. The molecular formula is C13H19N5O2. The van der Waals surface area contributed by atoms with Crippen LogP contribution >= 0.6 is 0 Å². The number of H-pyrrole nitrogens is 1. The van der Waals surface area contributed by atoms with Gasteiger partial charge in [0.25, 0.3) is 5.56 Å². The zero-order chi connectivity index (χ0) is 14.4. The van der Waals surface area contributed by atoms with E-state index in [1.807, 2.05) is 0 Å². The molecule has 1 fully saturated rings. The van der Waals surface area contributed by atoms with Crippen LogP contribution in [-0.4, -0.2) is 25.1 Å². The molecule has 0 aliphatic heterocycles. The summed E-state index contributed by atoms with van der Waals surface area (Å²) in [5.41, 5.74) is 0.0541. The van der Waals surface area contributed by atoms with E-state index in [-0.39, 0.29) is 11.2 Å². The largest absolute Gasteiger partial charge is 0.353 e. The molecule has 2 heterocycles. The summed E-state index contributed by atoms with van der Waals surface area (Å²) in [6, 6.07) is 0.427. The first-order valence-electron chi connectivity index (χ1n) is 6.95. The highest BCUT2D eigenvalue weighted by Crippen LogP contribution is 2.36. The molecule has 2 atom stereocenters. The molecule has 1 aliphatic rings. The van der Waals surface area contributed by atoms with Gasteiger partial charge in [-0.2, -0.15) is 4.98 Å². The van der Waals surface area contributed by atoms with Gasteiger partial charge in [-0.05, 0) is 18.8 Å². The Morgan fingerprint density at radius 1 is 1.35 bits per heavy atom. The molecule has 7 heteroatoms. The van der Waals surface area contributed by atoms with Crippen molar-refractivity contribution in [2.45, 2.75) is 32.2 Å². The SMILES string of the molecule is CCCC1CC1Nc1nc2c([nH]1)c(=O)n(C)c(=O)n2C. The van der Waals surface area contributed by atoms with Crippen molar-refractivity contribution in [1.29, 1.82) is 0 Å². The van der Waals surface area contributed by atoms with Gasteiger partial charge in [-0.15, -0.1) is 0 Å². The van der Waals surface area contributed by atoms with Gasteiger partial charge in [0.2, 0.25) is 5.95 Å². The van der Waals surface area contributed by atoms with Crippen molar-refractivity contribution in [1.82, 2.24) is 19.1 Å². The van der Waals surface area contributed by atoms with Gasteiger partial charge in [0.15, 0.2) is 11.2 Å². The number of fused-ring (bicyclic) bond motifs is 1. The molecule has 0 amide bonds. The number of rotatable bonds is 4. The second-order valence-electron chi connectivity index (χ2n) is 5.53. The summed E-state index contributed by atoms with van der Waals surface area (Å²) in [4.78, 5) is 31.2. The number of aromatic amines is 1. The van der Waals surface area contributed by atoms with Crippen molar-refractivity contribution in [3.05, 3.63) is 20.8 Å². The van der Waals surface area contributed by atoms with Crippen LogP contribution in [0.4, 0.5) is 5.95 Å². The van der Waals surface area contributed by atoms with Crippen molar-refractivity contribution in [2.24, 2.45) is 20.0 Å². The van der Waals surface area contributed by atoms with Crippen LogP contribution in [-0.2, 0) is 14.1 Å². The first-order chi connectivity index (χ1) is 9.52. The van der Waals surface area contributed by atoms with Crippen LogP contribution in [0.25, 0.3) is 11.2 Å². The smallest absolute Gasteiger partial charge is 0.332 e. The lowest BCUT2D eigenvalue weighted by Gasteiger charge is -2.00. The molecule has 108 valence electrons. The quantitative estimate of drug-likeness (QED) is 0.855. The molecule has 0 radical (unpaired) electrons. The Morgan fingerprint density at radius 3 is 2.80 bits per heavy atom. The zero-order valence-electron chi connectivity index (χ0n) is 11.9. The third kappa shape index (κ3) is 1.93. The molecule has 0 aromatic carbocycles. The Morgan fingerprint density at radius 2 is 2.10 bits per heavy atom. The summed E-state index contributed by atoms with van der Waals surface area (Å²) in [5, 5.41) is 3.30. The molecular weight excluding hydrogens is 258 g/mol. The highest BCUT2D eigenvalue weighted by molar-refractivity contribution is 5.72. The first-order valence-corrected chi connectivity index (χ1v) is 6.95. The van der Waals surface area contributed by atoms with Gasteiger partial charge in [0.05, 0.1) is 0 Å². The van der Waals surface area contributed by atoms with Gasteiger partial charge in [-0.3, -0.25) is 13.9 Å². The number of aromatic nitrogens is 4. The van der Waals surface area contributed by atoms with E-state index in [4.69, 9.17) is 0 Å². The maximum atomic E-state index is 12.0. The van der Waals surface area contributed by atoms with Crippen molar-refractivity contribution >= 4 is 17.1 Å². The van der Waals surface area contributed by atoms with E-state index in [9.17, 15) is 9.59 Å². The van der Waals surface area contributed by atoms with Crippen molar-refractivity contribution in [2.75, 3.05) is 5.32 Å². The molecule has 2 aromatic rings. The molecule has 3 rings (SSSR count). The number of anilines is 1. The van der Waals surface area contributed by atoms with Gasteiger partial charge < -0.3 is 10.3 Å². The second-order valence-corrected chi connectivity index (χ2v) is 5.53. The summed E-state index contributed by atoms with van der Waals surface area (Å²) in [5.74, 6) is 1.27. The predicted molar refractivity (Wildman–Crippen MR) is 77.0 cm³/mol. The van der Waals surface area contributed by atoms with E-state index in [1.54, 1.807) is 7.05 Å². The molecule has 1 saturated carbocycles. The number of nitrogens with zero attached hydrogens (tertiary/aromatic N) is 3. The lowest BCUT2D eigenvalue weighted by Crippen LogP contribution is -2.36. The fraction of sp³-hybridized carbons (Fsp3) is 0.615. The average Bonchev–Trinajstić information content (AvgIpc) is 3.00. The van der Waals surface area contributed by atoms with E-state index in [2.05, 4.69) is 22.2 Å². The molecule has 1 aliphatic carbocycles. The van der Waals surface area contributed by atoms with Crippen molar-refractivity contribution in [3.63, 3.8) is 0 Å². The molecule has 2 N–H and O–H groups in total. The highest BCUT2D eigenvalue weighted by atomic mass is 16.2. The lowest BCUT2D eigenvalue weighted by molar-refractivity contribution is 0.691. The van der Waals surface area contributed by atoms with Crippen molar-refractivity contribution in [3.8, 4) is 0 Å². The van der Waals surface area contributed by atoms with E-state index < -0.39 is 0 Å². The van der Waals surface area contributed by atoms with Gasteiger partial charge in [-0.25, -0.2) is 4.79 Å². The molecule has 0 bridgehead atoms. The Bertz CT molecular complexity index is 769. The topological polar surface area (TPSA) is 84.7 Å². The van der Waals surface area contributed by atoms with Gasteiger partial charge in [0, 0.05) is 20.1 Å². The van der Waals surface area contributed by atoms with E-state index >= 15 is 0 Å². The van der Waals surface area contributed by atoms with Crippen LogP contribution in [0, 0.1) is 5.92 Å². The van der Waals surface area contributed by atoms with E-state index in [0.717, 1.165) is 11.0 Å². The summed E-state index contributed by atoms with van der Waals surface area (Å²) in [7, 11) is 3.09. The zero-order valence-corrected chi connectivity index (χ0v) is 11.9. The van der Waals surface area contributed by atoms with Crippen LogP contribution in [0.3, 0.4) is 0 Å². The summed E-state index contributed by atoms with van der Waals surface area (Å²) in [6.07, 6.45) is 3.53. The molecule has 2 unspecified atom stereocenters. The summed E-state index contributed by atoms with van der Waals surface area (Å²) in [6.45, 7) is 2.18. The maximum absolute atomic E-state index is 12.0. The molecule has 2 aromatic heterocycles. The third-order valence-corrected chi connectivity index (χ3v) is 4.00. The van der Waals surface area contributed by atoms with Crippen LogP contribution in [0.2, 0.25) is 0 Å². The number of nitrogens with one attached hydrogen (secondary N) is 2. The van der Waals surface area contributed by atoms with Gasteiger partial charge in [-0.1, -0.05) is 13.3 Å². The van der Waals surface area contributed by atoms with E-state index in [1.165, 1.54) is 24.5 Å². The fourth-order valence-electron chi connectivity index (χ4n) is 2.68. The molecule has 7 nitrogen and oxygen atoms in total. The third-order valence-electron chi connectivity index (χ3n) is 4.00. The average molecular weight is 277 g/mol. The Kier molecular flexibility index (Phi) is 2.92. The Balaban J connectivity index is 1.96. The van der Waals surface area contributed by atoms with Crippen molar-refractivity contribution < 1.29 is 0 Å². The first kappa shape index (κ1) is 13.0. The standard InChI is InChI=1S/C13H19N5O2/c1-4-5-7-6-8(7)14-12-15-9-10(16-12)17(2)13(20)18(3)11(9)19/h7-8H,4-6H2,1-3H3,(H2,14,15,16). The molecule has 20 heavy (non-hydrogen) atoms.